The van der Waals surface area contributed by atoms with Crippen LogP contribution in [-0.2, 0) is 16.6 Å². The minimum atomic E-state index is -3.65. The van der Waals surface area contributed by atoms with Crippen LogP contribution in [0, 0.1) is 11.3 Å². The maximum Gasteiger partial charge on any atom is 0.241 e. The fraction of sp³-hybridized carbons (Fsp3) is 0.278. The summed E-state index contributed by atoms with van der Waals surface area (Å²) in [7, 11) is -3.65. The lowest BCUT2D eigenvalue weighted by Crippen LogP contribution is -2.40. The number of anilines is 1. The van der Waals surface area contributed by atoms with Crippen molar-refractivity contribution >= 4 is 27.3 Å². The molecule has 132 valence electrons. The molecule has 2 N–H and O–H groups in total. The van der Waals surface area contributed by atoms with E-state index in [0.717, 1.165) is 0 Å². The highest BCUT2D eigenvalue weighted by Gasteiger charge is 2.24. The van der Waals surface area contributed by atoms with E-state index < -0.39 is 15.6 Å². The Morgan fingerprint density at radius 3 is 2.48 bits per heavy atom. The summed E-state index contributed by atoms with van der Waals surface area (Å²) >= 11 is 5.89. The third-order valence-corrected chi connectivity index (χ3v) is 5.37. The van der Waals surface area contributed by atoms with E-state index >= 15 is 0 Å². The van der Waals surface area contributed by atoms with Crippen LogP contribution in [0.5, 0.6) is 0 Å². The second-order valence-corrected chi connectivity index (χ2v) is 8.71. The number of halogens is 1. The van der Waals surface area contributed by atoms with Gasteiger partial charge in [0.05, 0.1) is 16.1 Å². The molecule has 0 atom stereocenters. The first-order chi connectivity index (χ1) is 11.6. The number of nitrogens with zero attached hydrogens (tertiary/aromatic N) is 1. The Bertz CT molecular complexity index is 913. The Labute approximate surface area is 153 Å². The van der Waals surface area contributed by atoms with Crippen molar-refractivity contribution in [3.63, 3.8) is 0 Å². The Morgan fingerprint density at radius 2 is 1.84 bits per heavy atom. The Morgan fingerprint density at radius 1 is 1.16 bits per heavy atom. The molecule has 0 amide bonds. The molecule has 0 aliphatic rings. The van der Waals surface area contributed by atoms with Crippen LogP contribution in [0.15, 0.2) is 47.4 Å². The largest absolute Gasteiger partial charge is 0.380 e. The van der Waals surface area contributed by atoms with Crippen molar-refractivity contribution in [2.75, 3.05) is 5.32 Å². The number of nitrogens with one attached hydrogen (secondary N) is 2. The number of nitriles is 1. The van der Waals surface area contributed by atoms with E-state index in [9.17, 15) is 13.7 Å². The van der Waals surface area contributed by atoms with Crippen molar-refractivity contribution in [3.05, 3.63) is 58.6 Å². The molecule has 0 saturated carbocycles. The van der Waals surface area contributed by atoms with E-state index in [2.05, 4.69) is 16.1 Å². The monoisotopic (exact) mass is 377 g/mol. The highest BCUT2D eigenvalue weighted by Crippen LogP contribution is 2.23. The molecule has 2 aromatic rings. The van der Waals surface area contributed by atoms with Crippen LogP contribution >= 0.6 is 11.6 Å². The number of hydrogen-bond donors (Lipinski definition) is 2. The average molecular weight is 378 g/mol. The van der Waals surface area contributed by atoms with Gasteiger partial charge in [0.1, 0.15) is 6.07 Å². The van der Waals surface area contributed by atoms with Crippen molar-refractivity contribution in [1.29, 1.82) is 5.26 Å². The second-order valence-electron chi connectivity index (χ2n) is 6.62. The fourth-order valence-corrected chi connectivity index (χ4v) is 4.16. The van der Waals surface area contributed by atoms with Gasteiger partial charge in [-0.25, -0.2) is 13.1 Å². The molecule has 0 radical (unpaired) electrons. The van der Waals surface area contributed by atoms with Crippen LogP contribution < -0.4 is 10.0 Å². The van der Waals surface area contributed by atoms with Gasteiger partial charge in [-0.15, -0.1) is 0 Å². The molecule has 0 aromatic heterocycles. The van der Waals surface area contributed by atoms with Crippen molar-refractivity contribution in [3.8, 4) is 6.07 Å². The van der Waals surface area contributed by atoms with Gasteiger partial charge in [0.2, 0.25) is 10.0 Å². The topological polar surface area (TPSA) is 82.0 Å². The lowest BCUT2D eigenvalue weighted by atomic mass is 10.1. The molecule has 25 heavy (non-hydrogen) atoms. The molecular weight excluding hydrogens is 358 g/mol. The number of sulfonamides is 1. The van der Waals surface area contributed by atoms with E-state index in [1.807, 2.05) is 0 Å². The Hall–Kier alpha value is -2.07. The number of rotatable bonds is 5. The summed E-state index contributed by atoms with van der Waals surface area (Å²) in [5, 5.41) is 12.8. The summed E-state index contributed by atoms with van der Waals surface area (Å²) in [5.74, 6) is 0. The van der Waals surface area contributed by atoms with E-state index in [1.54, 1.807) is 63.2 Å². The van der Waals surface area contributed by atoms with E-state index in [-0.39, 0.29) is 11.4 Å². The van der Waals surface area contributed by atoms with Gasteiger partial charge in [-0.3, -0.25) is 0 Å². The number of hydrogen-bond acceptors (Lipinski definition) is 4. The molecule has 7 heteroatoms. The van der Waals surface area contributed by atoms with Gasteiger partial charge in [0, 0.05) is 17.1 Å². The fourth-order valence-electron chi connectivity index (χ4n) is 2.32. The van der Waals surface area contributed by atoms with Gasteiger partial charge in [0.15, 0.2) is 0 Å². The molecule has 2 aromatic carbocycles. The molecule has 0 fully saturated rings. The van der Waals surface area contributed by atoms with Gasteiger partial charge in [-0.2, -0.15) is 5.26 Å². The van der Waals surface area contributed by atoms with Gasteiger partial charge in [0.25, 0.3) is 0 Å². The lowest BCUT2D eigenvalue weighted by Gasteiger charge is -2.21. The molecule has 5 nitrogen and oxygen atoms in total. The molecule has 0 unspecified atom stereocenters. The van der Waals surface area contributed by atoms with Gasteiger partial charge < -0.3 is 5.32 Å². The van der Waals surface area contributed by atoms with Crippen molar-refractivity contribution in [1.82, 2.24) is 4.72 Å². The van der Waals surface area contributed by atoms with Crippen LogP contribution in [0.4, 0.5) is 5.69 Å². The van der Waals surface area contributed by atoms with Crippen LogP contribution in [0.2, 0.25) is 5.02 Å². The van der Waals surface area contributed by atoms with E-state index in [4.69, 9.17) is 11.6 Å². The SMILES string of the molecule is CC(C)(C)NS(=O)(=O)c1ccccc1CNc1ccc(Cl)cc1C#N. The normalized spacial score (nSPS) is 11.8. The summed E-state index contributed by atoms with van der Waals surface area (Å²) in [4.78, 5) is 0.213. The summed E-state index contributed by atoms with van der Waals surface area (Å²) < 4.78 is 27.9. The first-order valence-corrected chi connectivity index (χ1v) is 9.54. The summed E-state index contributed by atoms with van der Waals surface area (Å²) in [6, 6.07) is 13.8. The summed E-state index contributed by atoms with van der Waals surface area (Å²) in [6.45, 7) is 5.63. The molecule has 0 heterocycles. The predicted molar refractivity (Wildman–Crippen MR) is 100 cm³/mol. The first-order valence-electron chi connectivity index (χ1n) is 7.68. The highest BCUT2D eigenvalue weighted by molar-refractivity contribution is 7.89. The maximum atomic E-state index is 12.6. The van der Waals surface area contributed by atoms with Gasteiger partial charge >= 0.3 is 0 Å². The lowest BCUT2D eigenvalue weighted by molar-refractivity contribution is 0.491. The van der Waals surface area contributed by atoms with Gasteiger partial charge in [-0.1, -0.05) is 29.8 Å². The first kappa shape index (κ1) is 19.3. The zero-order chi connectivity index (χ0) is 18.7. The minimum absolute atomic E-state index is 0.213. The second kappa shape index (κ2) is 7.44. The van der Waals surface area contributed by atoms with Crippen molar-refractivity contribution < 1.29 is 8.42 Å². The van der Waals surface area contributed by atoms with Crippen molar-refractivity contribution in [2.45, 2.75) is 37.8 Å². The molecule has 0 spiro atoms. The van der Waals surface area contributed by atoms with E-state index in [1.165, 1.54) is 0 Å². The molecule has 0 aliphatic heterocycles. The highest BCUT2D eigenvalue weighted by atomic mass is 35.5. The Kier molecular flexibility index (Phi) is 5.73. The maximum absolute atomic E-state index is 12.6. The molecule has 0 aliphatic carbocycles. The predicted octanol–water partition coefficient (Wildman–Crippen LogP) is 3.90. The van der Waals surface area contributed by atoms with Crippen LogP contribution in [0.1, 0.15) is 31.9 Å². The summed E-state index contributed by atoms with van der Waals surface area (Å²) in [5.41, 5.74) is 1.03. The minimum Gasteiger partial charge on any atom is -0.380 e. The van der Waals surface area contributed by atoms with Crippen molar-refractivity contribution in [2.24, 2.45) is 0 Å². The number of benzene rings is 2. The van der Waals surface area contributed by atoms with Crippen LogP contribution in [0.25, 0.3) is 0 Å². The van der Waals surface area contributed by atoms with Gasteiger partial charge in [-0.05, 0) is 50.6 Å². The summed E-state index contributed by atoms with van der Waals surface area (Å²) in [6.07, 6.45) is 0. The van der Waals surface area contributed by atoms with Crippen LogP contribution in [-0.4, -0.2) is 14.0 Å². The van der Waals surface area contributed by atoms with E-state index in [0.29, 0.717) is 21.8 Å². The smallest absolute Gasteiger partial charge is 0.241 e. The third-order valence-electron chi connectivity index (χ3n) is 3.27. The molecule has 0 bridgehead atoms. The molecule has 0 saturated heterocycles. The quantitative estimate of drug-likeness (QED) is 0.827. The van der Waals surface area contributed by atoms with Crippen LogP contribution in [0.3, 0.4) is 0 Å². The molecule has 2 rings (SSSR count). The molecular formula is C18H20ClN3O2S. The Balaban J connectivity index is 2.30. The standard InChI is InChI=1S/C18H20ClN3O2S/c1-18(2,3)22-25(23,24)17-7-5-4-6-13(17)12-21-16-9-8-15(19)10-14(16)11-20/h4-10,21-22H,12H2,1-3H3. The third kappa shape index (κ3) is 5.20. The zero-order valence-electron chi connectivity index (χ0n) is 14.3. The average Bonchev–Trinajstić information content (AvgIpc) is 2.51. The zero-order valence-corrected chi connectivity index (χ0v) is 15.9.